The van der Waals surface area contributed by atoms with Gasteiger partial charge in [0.15, 0.2) is 0 Å². The average Bonchev–Trinajstić information content (AvgIpc) is 3.02. The molecular formula is C11H12N2O3S. The molecule has 1 aromatic carbocycles. The fourth-order valence-electron chi connectivity index (χ4n) is 1.34. The first-order valence-corrected chi connectivity index (χ1v) is 7.06. The molecule has 1 N–H and O–H groups in total. The van der Waals surface area contributed by atoms with Crippen LogP contribution in [0.2, 0.25) is 0 Å². The van der Waals surface area contributed by atoms with E-state index in [0.29, 0.717) is 17.0 Å². The zero-order valence-corrected chi connectivity index (χ0v) is 10.1. The van der Waals surface area contributed by atoms with E-state index in [2.05, 4.69) is 4.72 Å². The van der Waals surface area contributed by atoms with Crippen LogP contribution in [0.3, 0.4) is 0 Å². The lowest BCUT2D eigenvalue weighted by Crippen LogP contribution is -2.11. The summed E-state index contributed by atoms with van der Waals surface area (Å²) in [5.74, 6) is 0.414. The minimum atomic E-state index is -3.35. The molecule has 0 amide bonds. The Morgan fingerprint density at radius 3 is 2.71 bits per heavy atom. The van der Waals surface area contributed by atoms with Gasteiger partial charge >= 0.3 is 0 Å². The van der Waals surface area contributed by atoms with Crippen LogP contribution < -0.4 is 9.46 Å². The molecule has 0 unspecified atom stereocenters. The van der Waals surface area contributed by atoms with Crippen molar-refractivity contribution in [3.63, 3.8) is 0 Å². The number of ether oxygens (including phenoxy) is 1. The highest BCUT2D eigenvalue weighted by atomic mass is 32.2. The number of benzene rings is 1. The van der Waals surface area contributed by atoms with Crippen molar-refractivity contribution >= 4 is 15.7 Å². The highest BCUT2D eigenvalue weighted by Crippen LogP contribution is 2.33. The van der Waals surface area contributed by atoms with Gasteiger partial charge in [-0.1, -0.05) is 0 Å². The molecule has 90 valence electrons. The summed E-state index contributed by atoms with van der Waals surface area (Å²) in [7, 11) is -3.35. The molecule has 1 aliphatic rings. The minimum absolute atomic E-state index is 0.143. The molecule has 1 saturated carbocycles. The summed E-state index contributed by atoms with van der Waals surface area (Å²) >= 11 is 0. The van der Waals surface area contributed by atoms with E-state index in [9.17, 15) is 8.42 Å². The molecule has 0 spiro atoms. The lowest BCUT2D eigenvalue weighted by atomic mass is 10.2. The van der Waals surface area contributed by atoms with Gasteiger partial charge in [-0.3, -0.25) is 4.72 Å². The van der Waals surface area contributed by atoms with E-state index in [4.69, 9.17) is 10.00 Å². The van der Waals surface area contributed by atoms with Crippen molar-refractivity contribution in [1.29, 1.82) is 5.26 Å². The summed E-state index contributed by atoms with van der Waals surface area (Å²) in [5.41, 5.74) is 0.818. The summed E-state index contributed by atoms with van der Waals surface area (Å²) in [4.78, 5) is 0. The molecule has 0 aliphatic heterocycles. The summed E-state index contributed by atoms with van der Waals surface area (Å²) in [5, 5.41) is 8.79. The highest BCUT2D eigenvalue weighted by molar-refractivity contribution is 7.92. The van der Waals surface area contributed by atoms with E-state index < -0.39 is 10.0 Å². The van der Waals surface area contributed by atoms with Crippen LogP contribution in [0.1, 0.15) is 18.4 Å². The second kappa shape index (κ2) is 4.26. The number of anilines is 1. The van der Waals surface area contributed by atoms with E-state index in [1.807, 2.05) is 6.07 Å². The normalized spacial score (nSPS) is 15.1. The monoisotopic (exact) mass is 252 g/mol. The second-order valence-corrected chi connectivity index (χ2v) is 5.76. The molecule has 6 heteroatoms. The first-order chi connectivity index (χ1) is 7.98. The van der Waals surface area contributed by atoms with E-state index >= 15 is 0 Å². The largest absolute Gasteiger partial charge is 0.488 e. The predicted molar refractivity (Wildman–Crippen MR) is 63.3 cm³/mol. The molecule has 2 rings (SSSR count). The fraction of sp³-hybridized carbons (Fsp3) is 0.364. The topological polar surface area (TPSA) is 79.2 Å². The number of hydrogen-bond donors (Lipinski definition) is 1. The summed E-state index contributed by atoms with van der Waals surface area (Å²) in [6.07, 6.45) is 3.15. The van der Waals surface area contributed by atoms with E-state index in [1.54, 1.807) is 12.1 Å². The van der Waals surface area contributed by atoms with E-state index in [1.165, 1.54) is 6.07 Å². The minimum Gasteiger partial charge on any atom is -0.488 e. The van der Waals surface area contributed by atoms with Crippen molar-refractivity contribution < 1.29 is 13.2 Å². The molecule has 0 radical (unpaired) electrons. The molecule has 0 aromatic heterocycles. The number of rotatable bonds is 4. The zero-order valence-electron chi connectivity index (χ0n) is 9.30. The molecule has 0 saturated heterocycles. The Hall–Kier alpha value is -1.74. The van der Waals surface area contributed by atoms with Crippen molar-refractivity contribution in [1.82, 2.24) is 0 Å². The van der Waals surface area contributed by atoms with E-state index in [-0.39, 0.29) is 6.10 Å². The molecule has 1 aliphatic carbocycles. The maximum atomic E-state index is 11.2. The second-order valence-electron chi connectivity index (χ2n) is 4.01. The van der Waals surface area contributed by atoms with Gasteiger partial charge in [0.2, 0.25) is 10.0 Å². The van der Waals surface area contributed by atoms with Gasteiger partial charge in [-0.15, -0.1) is 0 Å². The van der Waals surface area contributed by atoms with Crippen molar-refractivity contribution in [2.24, 2.45) is 0 Å². The average molecular weight is 252 g/mol. The molecule has 1 aromatic rings. The first-order valence-electron chi connectivity index (χ1n) is 5.16. The Labute approximate surface area is 100 Å². The van der Waals surface area contributed by atoms with Gasteiger partial charge in [-0.25, -0.2) is 8.42 Å². The van der Waals surface area contributed by atoms with Crippen LogP contribution in [0.25, 0.3) is 0 Å². The fourth-order valence-corrected chi connectivity index (χ4v) is 1.91. The molecule has 0 bridgehead atoms. The molecule has 0 heterocycles. The van der Waals surface area contributed by atoms with Gasteiger partial charge in [-0.05, 0) is 25.0 Å². The van der Waals surface area contributed by atoms with E-state index in [0.717, 1.165) is 19.1 Å². The Kier molecular flexibility index (Phi) is 2.94. The van der Waals surface area contributed by atoms with Crippen LogP contribution in [0, 0.1) is 11.3 Å². The van der Waals surface area contributed by atoms with Crippen molar-refractivity contribution in [3.05, 3.63) is 23.8 Å². The Morgan fingerprint density at radius 2 is 2.18 bits per heavy atom. The third-order valence-electron chi connectivity index (χ3n) is 2.22. The Balaban J connectivity index is 2.32. The van der Waals surface area contributed by atoms with Gasteiger partial charge in [0, 0.05) is 6.07 Å². The highest BCUT2D eigenvalue weighted by Gasteiger charge is 2.25. The maximum Gasteiger partial charge on any atom is 0.229 e. The third-order valence-corrected chi connectivity index (χ3v) is 2.81. The number of sulfonamides is 1. The van der Waals surface area contributed by atoms with Crippen LogP contribution in [0.4, 0.5) is 5.69 Å². The van der Waals surface area contributed by atoms with Crippen LogP contribution >= 0.6 is 0 Å². The SMILES string of the molecule is CS(=O)(=O)Nc1ccc(C#N)cc1OC1CC1. The lowest BCUT2D eigenvalue weighted by molar-refractivity contribution is 0.305. The summed E-state index contributed by atoms with van der Waals surface area (Å²) in [6, 6.07) is 6.63. The third kappa shape index (κ3) is 3.36. The van der Waals surface area contributed by atoms with Gasteiger partial charge in [0.05, 0.1) is 29.7 Å². The molecule has 17 heavy (non-hydrogen) atoms. The van der Waals surface area contributed by atoms with Gasteiger partial charge < -0.3 is 4.74 Å². The smallest absolute Gasteiger partial charge is 0.229 e. The summed E-state index contributed by atoms with van der Waals surface area (Å²) in [6.45, 7) is 0. The quantitative estimate of drug-likeness (QED) is 0.880. The number of nitrogens with zero attached hydrogens (tertiary/aromatic N) is 1. The molecular weight excluding hydrogens is 240 g/mol. The van der Waals surface area contributed by atoms with Crippen LogP contribution in [-0.2, 0) is 10.0 Å². The number of nitrogens with one attached hydrogen (secondary N) is 1. The van der Waals surface area contributed by atoms with Gasteiger partial charge in [0.25, 0.3) is 0 Å². The predicted octanol–water partition coefficient (Wildman–Crippen LogP) is 1.47. The lowest BCUT2D eigenvalue weighted by Gasteiger charge is -2.11. The Bertz CT molecular complexity index is 571. The van der Waals surface area contributed by atoms with Crippen LogP contribution in [-0.4, -0.2) is 20.8 Å². The van der Waals surface area contributed by atoms with Gasteiger partial charge in [0.1, 0.15) is 5.75 Å². The summed E-state index contributed by atoms with van der Waals surface area (Å²) < 4.78 is 30.3. The standard InChI is InChI=1S/C11H12N2O3S/c1-17(14,15)13-10-5-2-8(7-12)6-11(10)16-9-3-4-9/h2,5-6,9,13H,3-4H2,1H3. The zero-order chi connectivity index (χ0) is 12.5. The molecule has 1 fully saturated rings. The number of nitriles is 1. The van der Waals surface area contributed by atoms with Crippen LogP contribution in [0.15, 0.2) is 18.2 Å². The molecule has 0 atom stereocenters. The van der Waals surface area contributed by atoms with Crippen LogP contribution in [0.5, 0.6) is 5.75 Å². The molecule has 5 nitrogen and oxygen atoms in total. The van der Waals surface area contributed by atoms with Crippen molar-refractivity contribution in [2.45, 2.75) is 18.9 Å². The Morgan fingerprint density at radius 1 is 1.47 bits per heavy atom. The van der Waals surface area contributed by atoms with Gasteiger partial charge in [-0.2, -0.15) is 5.26 Å². The maximum absolute atomic E-state index is 11.2. The van der Waals surface area contributed by atoms with Crippen molar-refractivity contribution in [3.8, 4) is 11.8 Å². The first kappa shape index (κ1) is 11.7. The van der Waals surface area contributed by atoms with Crippen molar-refractivity contribution in [2.75, 3.05) is 11.0 Å². The number of hydrogen-bond acceptors (Lipinski definition) is 4.